The topological polar surface area (TPSA) is 75.7 Å². The highest BCUT2D eigenvalue weighted by Crippen LogP contribution is 2.27. The fourth-order valence-corrected chi connectivity index (χ4v) is 4.11. The second-order valence-electron chi connectivity index (χ2n) is 8.22. The molecule has 1 N–H and O–H groups in total. The maximum Gasteiger partial charge on any atom is 0.261 e. The van der Waals surface area contributed by atoms with Gasteiger partial charge in [0.1, 0.15) is 0 Å². The molecular formula is C24H26N2O4. The van der Waals surface area contributed by atoms with Crippen LogP contribution in [-0.4, -0.2) is 41.9 Å². The van der Waals surface area contributed by atoms with E-state index in [4.69, 9.17) is 4.74 Å². The number of nitrogens with one attached hydrogen (secondary N) is 1. The molecule has 2 aliphatic heterocycles. The first-order valence-electron chi connectivity index (χ1n) is 10.4. The van der Waals surface area contributed by atoms with Crippen LogP contribution in [0.3, 0.4) is 0 Å². The Morgan fingerprint density at radius 1 is 1.10 bits per heavy atom. The summed E-state index contributed by atoms with van der Waals surface area (Å²) in [6, 6.07) is 14.4. The SMILES string of the molecule is CC(C)C(NC(=O)c1ccc2c(c1)C(=O)N(CC1CCCO1)C2=O)c1ccccc1. The fraction of sp³-hybridized carbons (Fsp3) is 0.375. The Morgan fingerprint density at radius 3 is 2.50 bits per heavy atom. The van der Waals surface area contributed by atoms with Gasteiger partial charge in [-0.1, -0.05) is 44.2 Å². The van der Waals surface area contributed by atoms with Crippen molar-refractivity contribution in [1.82, 2.24) is 10.2 Å². The average Bonchev–Trinajstić information content (AvgIpc) is 3.35. The maximum atomic E-state index is 12.9. The van der Waals surface area contributed by atoms with Gasteiger partial charge in [0.25, 0.3) is 17.7 Å². The first-order chi connectivity index (χ1) is 14.5. The summed E-state index contributed by atoms with van der Waals surface area (Å²) in [5.41, 5.74) is 2.02. The van der Waals surface area contributed by atoms with Crippen LogP contribution in [0.1, 0.15) is 69.4 Å². The number of imide groups is 1. The zero-order valence-electron chi connectivity index (χ0n) is 17.3. The van der Waals surface area contributed by atoms with Crippen molar-refractivity contribution in [2.75, 3.05) is 13.2 Å². The number of benzene rings is 2. The summed E-state index contributed by atoms with van der Waals surface area (Å²) in [5.74, 6) is -0.750. The number of amides is 3. The number of hydrogen-bond donors (Lipinski definition) is 1. The Hall–Kier alpha value is -2.99. The van der Waals surface area contributed by atoms with Crippen molar-refractivity contribution < 1.29 is 19.1 Å². The molecule has 1 saturated heterocycles. The van der Waals surface area contributed by atoms with Gasteiger partial charge in [-0.2, -0.15) is 0 Å². The molecule has 0 saturated carbocycles. The molecule has 1 fully saturated rings. The van der Waals surface area contributed by atoms with Crippen LogP contribution in [0.5, 0.6) is 0 Å². The number of ether oxygens (including phenoxy) is 1. The molecule has 2 aliphatic rings. The van der Waals surface area contributed by atoms with Crippen LogP contribution in [0.15, 0.2) is 48.5 Å². The molecule has 2 unspecified atom stereocenters. The molecule has 0 spiro atoms. The second kappa shape index (κ2) is 8.40. The van der Waals surface area contributed by atoms with Crippen molar-refractivity contribution in [3.05, 3.63) is 70.8 Å². The Bertz CT molecular complexity index is 964. The third-order valence-electron chi connectivity index (χ3n) is 5.76. The summed E-state index contributed by atoms with van der Waals surface area (Å²) < 4.78 is 5.57. The molecule has 0 aliphatic carbocycles. The number of hydrogen-bond acceptors (Lipinski definition) is 4. The summed E-state index contributed by atoms with van der Waals surface area (Å²) in [4.78, 5) is 39.7. The molecule has 6 nitrogen and oxygen atoms in total. The van der Waals surface area contributed by atoms with Gasteiger partial charge in [-0.05, 0) is 42.5 Å². The minimum absolute atomic E-state index is 0.104. The van der Waals surface area contributed by atoms with Crippen LogP contribution in [0, 0.1) is 5.92 Å². The lowest BCUT2D eigenvalue weighted by molar-refractivity contribution is 0.0475. The molecule has 2 aromatic rings. The molecule has 2 heterocycles. The van der Waals surface area contributed by atoms with Gasteiger partial charge in [0, 0.05) is 12.2 Å². The highest BCUT2D eigenvalue weighted by molar-refractivity contribution is 6.22. The zero-order valence-corrected chi connectivity index (χ0v) is 17.3. The Morgan fingerprint density at radius 2 is 1.83 bits per heavy atom. The highest BCUT2D eigenvalue weighted by Gasteiger charge is 2.38. The van der Waals surface area contributed by atoms with Crippen molar-refractivity contribution >= 4 is 17.7 Å². The molecular weight excluding hydrogens is 380 g/mol. The van der Waals surface area contributed by atoms with E-state index in [0.717, 1.165) is 18.4 Å². The van der Waals surface area contributed by atoms with Crippen LogP contribution in [0.4, 0.5) is 0 Å². The van der Waals surface area contributed by atoms with Crippen LogP contribution in [0.2, 0.25) is 0 Å². The summed E-state index contributed by atoms with van der Waals surface area (Å²) in [6.45, 7) is 5.02. The van der Waals surface area contributed by atoms with Gasteiger partial charge in [-0.3, -0.25) is 19.3 Å². The molecule has 30 heavy (non-hydrogen) atoms. The van der Waals surface area contributed by atoms with E-state index < -0.39 is 0 Å². The van der Waals surface area contributed by atoms with E-state index >= 15 is 0 Å². The third kappa shape index (κ3) is 3.87. The quantitative estimate of drug-likeness (QED) is 0.744. The highest BCUT2D eigenvalue weighted by atomic mass is 16.5. The van der Waals surface area contributed by atoms with E-state index in [1.807, 2.05) is 44.2 Å². The number of carbonyl (C=O) groups is 3. The lowest BCUT2D eigenvalue weighted by Crippen LogP contribution is -2.36. The Kier molecular flexibility index (Phi) is 5.68. The van der Waals surface area contributed by atoms with E-state index in [9.17, 15) is 14.4 Å². The minimum Gasteiger partial charge on any atom is -0.376 e. The number of carbonyl (C=O) groups excluding carboxylic acids is 3. The van der Waals surface area contributed by atoms with Gasteiger partial charge >= 0.3 is 0 Å². The van der Waals surface area contributed by atoms with E-state index in [2.05, 4.69) is 5.32 Å². The third-order valence-corrected chi connectivity index (χ3v) is 5.76. The predicted molar refractivity (Wildman–Crippen MR) is 112 cm³/mol. The Balaban J connectivity index is 1.53. The molecule has 2 atom stereocenters. The van der Waals surface area contributed by atoms with Gasteiger partial charge < -0.3 is 10.1 Å². The summed E-state index contributed by atoms with van der Waals surface area (Å²) in [6.07, 6.45) is 1.68. The van der Waals surface area contributed by atoms with Gasteiger partial charge in [0.15, 0.2) is 0 Å². The molecule has 0 bridgehead atoms. The summed E-state index contributed by atoms with van der Waals surface area (Å²) >= 11 is 0. The van der Waals surface area contributed by atoms with E-state index in [-0.39, 0.29) is 47.9 Å². The van der Waals surface area contributed by atoms with Crippen LogP contribution >= 0.6 is 0 Å². The van der Waals surface area contributed by atoms with Gasteiger partial charge in [-0.15, -0.1) is 0 Å². The first kappa shape index (κ1) is 20.3. The van der Waals surface area contributed by atoms with Gasteiger partial charge in [0.05, 0.1) is 29.8 Å². The van der Waals surface area contributed by atoms with Gasteiger partial charge in [-0.25, -0.2) is 0 Å². The smallest absolute Gasteiger partial charge is 0.261 e. The van der Waals surface area contributed by atoms with Crippen molar-refractivity contribution in [1.29, 1.82) is 0 Å². The number of nitrogens with zero attached hydrogens (tertiary/aromatic N) is 1. The largest absolute Gasteiger partial charge is 0.376 e. The zero-order chi connectivity index (χ0) is 21.3. The van der Waals surface area contributed by atoms with Crippen molar-refractivity contribution in [2.45, 2.75) is 38.8 Å². The standard InChI is InChI=1S/C24H26N2O4/c1-15(2)21(16-7-4-3-5-8-16)25-22(27)17-10-11-19-20(13-17)24(29)26(23(19)28)14-18-9-6-12-30-18/h3-5,7-8,10-11,13,15,18,21H,6,9,12,14H2,1-2H3,(H,25,27). The predicted octanol–water partition coefficient (Wildman–Crippen LogP) is 3.59. The molecule has 4 rings (SSSR count). The first-order valence-corrected chi connectivity index (χ1v) is 10.4. The molecule has 0 radical (unpaired) electrons. The van der Waals surface area contributed by atoms with E-state index in [0.29, 0.717) is 17.7 Å². The molecule has 156 valence electrons. The molecule has 3 amide bonds. The summed E-state index contributed by atoms with van der Waals surface area (Å²) in [7, 11) is 0. The number of fused-ring (bicyclic) bond motifs is 1. The van der Waals surface area contributed by atoms with Crippen LogP contribution in [-0.2, 0) is 4.74 Å². The van der Waals surface area contributed by atoms with Crippen molar-refractivity contribution in [3.8, 4) is 0 Å². The van der Waals surface area contributed by atoms with Gasteiger partial charge in [0.2, 0.25) is 0 Å². The maximum absolute atomic E-state index is 12.9. The van der Waals surface area contributed by atoms with Crippen molar-refractivity contribution in [2.24, 2.45) is 5.92 Å². The fourth-order valence-electron chi connectivity index (χ4n) is 4.11. The number of rotatable bonds is 6. The van der Waals surface area contributed by atoms with Crippen LogP contribution < -0.4 is 5.32 Å². The second-order valence-corrected chi connectivity index (χ2v) is 8.22. The molecule has 0 aromatic heterocycles. The average molecular weight is 406 g/mol. The lowest BCUT2D eigenvalue weighted by Gasteiger charge is -2.23. The monoisotopic (exact) mass is 406 g/mol. The van der Waals surface area contributed by atoms with Crippen molar-refractivity contribution in [3.63, 3.8) is 0 Å². The van der Waals surface area contributed by atoms with E-state index in [1.54, 1.807) is 12.1 Å². The normalized spacial score (nSPS) is 19.3. The molecule has 6 heteroatoms. The van der Waals surface area contributed by atoms with E-state index in [1.165, 1.54) is 11.0 Å². The summed E-state index contributed by atoms with van der Waals surface area (Å²) in [5, 5.41) is 3.07. The Labute approximate surface area is 176 Å². The molecule has 2 aromatic carbocycles. The lowest BCUT2D eigenvalue weighted by atomic mass is 9.95. The van der Waals surface area contributed by atoms with Crippen LogP contribution in [0.25, 0.3) is 0 Å². The minimum atomic E-state index is -0.358.